The van der Waals surface area contributed by atoms with Gasteiger partial charge in [-0.3, -0.25) is 9.59 Å². The number of carbonyl (C=O) groups excluding carboxylic acids is 1. The lowest BCUT2D eigenvalue weighted by Gasteiger charge is -2.14. The highest BCUT2D eigenvalue weighted by atomic mass is 35.5. The summed E-state index contributed by atoms with van der Waals surface area (Å²) in [7, 11) is 0. The summed E-state index contributed by atoms with van der Waals surface area (Å²) in [5, 5.41) is 2.52. The van der Waals surface area contributed by atoms with Crippen molar-refractivity contribution in [2.24, 2.45) is 0 Å². The van der Waals surface area contributed by atoms with Crippen LogP contribution in [0.5, 0.6) is 0 Å². The Morgan fingerprint density at radius 3 is 1.85 bits per heavy atom. The van der Waals surface area contributed by atoms with Gasteiger partial charge in [0, 0.05) is 22.9 Å². The highest BCUT2D eigenvalue weighted by Crippen LogP contribution is 2.22. The Kier molecular flexibility index (Phi) is 7.25. The standard InChI is InChI=1S/C13H12ClNO3.C11H8ClNO2/c14-10-7-12(16)15(8-13-17-5-6-18-13)11-4-2-1-3-9(10)11;12-9-7-11(15)13(5-6-14)10-4-2-1-3-8(9)10/h1-4,7,13H,5-6,8H2;1-4,6-7H,5H2. The maximum absolute atomic E-state index is 12.0. The van der Waals surface area contributed by atoms with E-state index in [1.165, 1.54) is 16.7 Å². The second kappa shape index (κ2) is 10.3. The van der Waals surface area contributed by atoms with E-state index >= 15 is 0 Å². The molecule has 0 spiro atoms. The number of halogens is 2. The van der Waals surface area contributed by atoms with Gasteiger partial charge in [0.15, 0.2) is 6.29 Å². The Labute approximate surface area is 198 Å². The van der Waals surface area contributed by atoms with Crippen LogP contribution in [0.4, 0.5) is 0 Å². The number of pyridine rings is 2. The summed E-state index contributed by atoms with van der Waals surface area (Å²) in [6, 6.07) is 17.5. The maximum Gasteiger partial charge on any atom is 0.252 e. The van der Waals surface area contributed by atoms with Crippen LogP contribution in [0.1, 0.15) is 0 Å². The smallest absolute Gasteiger partial charge is 0.252 e. The van der Waals surface area contributed by atoms with Crippen molar-refractivity contribution >= 4 is 51.3 Å². The Balaban J connectivity index is 0.000000160. The number of fused-ring (bicyclic) bond motifs is 2. The summed E-state index contributed by atoms with van der Waals surface area (Å²) >= 11 is 12.0. The fourth-order valence-electron chi connectivity index (χ4n) is 3.70. The minimum atomic E-state index is -0.354. The van der Waals surface area contributed by atoms with E-state index < -0.39 is 0 Å². The summed E-state index contributed by atoms with van der Waals surface area (Å²) in [4.78, 5) is 34.0. The number of hydrogen-bond acceptors (Lipinski definition) is 5. The van der Waals surface area contributed by atoms with Gasteiger partial charge in [-0.15, -0.1) is 0 Å². The molecular formula is C24H20Cl2N2O5. The molecule has 170 valence electrons. The molecule has 5 rings (SSSR count). The number of nitrogens with zero attached hydrogens (tertiary/aromatic N) is 2. The monoisotopic (exact) mass is 486 g/mol. The molecule has 0 atom stereocenters. The summed E-state index contributed by atoms with van der Waals surface area (Å²) < 4.78 is 13.8. The highest BCUT2D eigenvalue weighted by Gasteiger charge is 2.18. The maximum atomic E-state index is 12.0. The molecule has 1 fully saturated rings. The molecule has 1 saturated heterocycles. The number of ether oxygens (including phenoxy) is 2. The molecule has 3 heterocycles. The molecule has 1 aliphatic rings. The van der Waals surface area contributed by atoms with Crippen molar-refractivity contribution in [3.63, 3.8) is 0 Å². The van der Waals surface area contributed by atoms with E-state index in [1.807, 2.05) is 36.4 Å². The van der Waals surface area contributed by atoms with Crippen molar-refractivity contribution < 1.29 is 14.3 Å². The molecule has 4 aromatic rings. The number of hydrogen-bond donors (Lipinski definition) is 0. The minimum Gasteiger partial charge on any atom is -0.348 e. The van der Waals surface area contributed by atoms with E-state index in [0.717, 1.165) is 16.3 Å². The van der Waals surface area contributed by atoms with E-state index in [4.69, 9.17) is 32.7 Å². The molecule has 0 N–H and O–H groups in total. The number of rotatable bonds is 4. The van der Waals surface area contributed by atoms with Gasteiger partial charge >= 0.3 is 0 Å². The molecular weight excluding hydrogens is 467 g/mol. The molecule has 0 aliphatic carbocycles. The van der Waals surface area contributed by atoms with Gasteiger partial charge in [-0.05, 0) is 12.1 Å². The van der Waals surface area contributed by atoms with E-state index in [2.05, 4.69) is 0 Å². The van der Waals surface area contributed by atoms with Crippen LogP contribution in [0.2, 0.25) is 10.0 Å². The number of carbonyl (C=O) groups is 1. The van der Waals surface area contributed by atoms with Crippen molar-refractivity contribution in [3.8, 4) is 0 Å². The van der Waals surface area contributed by atoms with Crippen molar-refractivity contribution in [2.45, 2.75) is 19.4 Å². The molecule has 7 nitrogen and oxygen atoms in total. The van der Waals surface area contributed by atoms with E-state index in [-0.39, 0.29) is 24.0 Å². The van der Waals surface area contributed by atoms with Crippen LogP contribution in [-0.2, 0) is 27.4 Å². The first-order valence-electron chi connectivity index (χ1n) is 10.2. The molecule has 9 heteroatoms. The van der Waals surface area contributed by atoms with E-state index in [9.17, 15) is 14.4 Å². The third-order valence-electron chi connectivity index (χ3n) is 5.22. The normalized spacial score (nSPS) is 13.8. The predicted molar refractivity (Wildman–Crippen MR) is 128 cm³/mol. The quantitative estimate of drug-likeness (QED) is 0.409. The first-order valence-corrected chi connectivity index (χ1v) is 11.0. The van der Waals surface area contributed by atoms with Crippen molar-refractivity contribution in [1.29, 1.82) is 0 Å². The van der Waals surface area contributed by atoms with Crippen molar-refractivity contribution in [2.75, 3.05) is 13.2 Å². The van der Waals surface area contributed by atoms with Crippen LogP contribution in [0.25, 0.3) is 21.8 Å². The first kappa shape index (κ1) is 23.2. The molecule has 0 radical (unpaired) electrons. The molecule has 33 heavy (non-hydrogen) atoms. The van der Waals surface area contributed by atoms with Gasteiger partial charge in [0.1, 0.15) is 6.29 Å². The second-order valence-electron chi connectivity index (χ2n) is 7.25. The van der Waals surface area contributed by atoms with Crippen LogP contribution >= 0.6 is 23.2 Å². The zero-order valence-electron chi connectivity index (χ0n) is 17.4. The van der Waals surface area contributed by atoms with Gasteiger partial charge < -0.3 is 23.4 Å². The summed E-state index contributed by atoms with van der Waals surface area (Å²) in [6.07, 6.45) is 0.342. The zero-order valence-corrected chi connectivity index (χ0v) is 19.0. The fourth-order valence-corrected chi connectivity index (χ4v) is 4.21. The van der Waals surface area contributed by atoms with E-state index in [1.54, 1.807) is 16.7 Å². The number of aldehydes is 1. The average Bonchev–Trinajstić information content (AvgIpc) is 3.33. The van der Waals surface area contributed by atoms with Crippen molar-refractivity contribution in [1.82, 2.24) is 9.13 Å². The fraction of sp³-hybridized carbons (Fsp3) is 0.208. The lowest BCUT2D eigenvalue weighted by molar-refractivity contribution is -0.108. The third-order valence-corrected chi connectivity index (χ3v) is 5.84. The SMILES string of the molecule is O=CCn1c(=O)cc(Cl)c2ccccc21.O=c1cc(Cl)c2ccccc2n1CC1OCCO1. The van der Waals surface area contributed by atoms with E-state index in [0.29, 0.717) is 41.6 Å². The summed E-state index contributed by atoms with van der Waals surface area (Å²) in [6.45, 7) is 1.59. The van der Waals surface area contributed by atoms with Crippen molar-refractivity contribution in [3.05, 3.63) is 91.4 Å². The molecule has 2 aromatic heterocycles. The number of aromatic nitrogens is 2. The zero-order chi connectivity index (χ0) is 23.4. The topological polar surface area (TPSA) is 79.5 Å². The van der Waals surface area contributed by atoms with Gasteiger partial charge in [0.05, 0.1) is 47.4 Å². The molecule has 0 unspecified atom stereocenters. The molecule has 0 saturated carbocycles. The minimum absolute atomic E-state index is 0.0521. The van der Waals surface area contributed by atoms with Gasteiger partial charge in [-0.2, -0.15) is 0 Å². The largest absolute Gasteiger partial charge is 0.348 e. The van der Waals surface area contributed by atoms with Crippen LogP contribution < -0.4 is 11.1 Å². The Morgan fingerprint density at radius 2 is 1.30 bits per heavy atom. The summed E-state index contributed by atoms with van der Waals surface area (Å²) in [5.41, 5.74) is 1.08. The second-order valence-corrected chi connectivity index (χ2v) is 8.07. The number of para-hydroxylation sites is 2. The molecule has 0 bridgehead atoms. The Bertz CT molecular complexity index is 1420. The highest BCUT2D eigenvalue weighted by molar-refractivity contribution is 6.35. The van der Waals surface area contributed by atoms with Gasteiger partial charge in [0.2, 0.25) is 0 Å². The number of benzene rings is 2. The molecule has 2 aromatic carbocycles. The summed E-state index contributed by atoms with van der Waals surface area (Å²) in [5.74, 6) is 0. The Morgan fingerprint density at radius 1 is 0.818 bits per heavy atom. The molecule has 0 amide bonds. The van der Waals surface area contributed by atoms with Crippen LogP contribution in [0.15, 0.2) is 70.3 Å². The lowest BCUT2D eigenvalue weighted by atomic mass is 10.2. The first-order chi connectivity index (χ1) is 16.0. The van der Waals surface area contributed by atoms with Gasteiger partial charge in [-0.25, -0.2) is 0 Å². The van der Waals surface area contributed by atoms with Gasteiger partial charge in [0.25, 0.3) is 11.1 Å². The van der Waals surface area contributed by atoms with Crippen LogP contribution in [0.3, 0.4) is 0 Å². The average molecular weight is 487 g/mol. The van der Waals surface area contributed by atoms with Crippen LogP contribution in [0, 0.1) is 0 Å². The molecule has 1 aliphatic heterocycles. The van der Waals surface area contributed by atoms with Crippen LogP contribution in [-0.4, -0.2) is 34.9 Å². The lowest BCUT2D eigenvalue weighted by Crippen LogP contribution is -2.27. The Hall–Kier alpha value is -2.97. The third kappa shape index (κ3) is 5.02. The van der Waals surface area contributed by atoms with Gasteiger partial charge in [-0.1, -0.05) is 59.6 Å². The predicted octanol–water partition coefficient (Wildman–Crippen LogP) is 3.88.